The maximum Gasteiger partial charge on any atom is 0.341 e. The highest BCUT2D eigenvalue weighted by atomic mass is 16.5. The molecule has 0 bridgehead atoms. The summed E-state index contributed by atoms with van der Waals surface area (Å²) in [5.74, 6) is -0.700. The van der Waals surface area contributed by atoms with E-state index in [0.29, 0.717) is 5.69 Å². The van der Waals surface area contributed by atoms with Crippen LogP contribution in [-0.4, -0.2) is 23.2 Å². The number of aliphatic hydroxyl groups excluding tert-OH is 1. The minimum Gasteiger partial charge on any atom is -0.467 e. The molecule has 0 spiro atoms. The molecule has 0 aliphatic carbocycles. The second-order valence-corrected chi connectivity index (χ2v) is 2.18. The van der Waals surface area contributed by atoms with E-state index >= 15 is 0 Å². The molecule has 0 aliphatic rings. The number of hydrogen-bond donors (Lipinski definition) is 1. The Morgan fingerprint density at radius 3 is 2.92 bits per heavy atom. The fourth-order valence-electron chi connectivity index (χ4n) is 0.770. The van der Waals surface area contributed by atoms with Gasteiger partial charge in [0.2, 0.25) is 0 Å². The van der Waals surface area contributed by atoms with E-state index < -0.39 is 12.1 Å². The van der Waals surface area contributed by atoms with Crippen LogP contribution in [0.2, 0.25) is 0 Å². The van der Waals surface area contributed by atoms with Crippen molar-refractivity contribution in [3.8, 4) is 0 Å². The number of esters is 1. The van der Waals surface area contributed by atoms with Crippen LogP contribution in [0.15, 0.2) is 24.4 Å². The monoisotopic (exact) mass is 167 g/mol. The maximum absolute atomic E-state index is 10.8. The molecular formula is C8H9NO3. The van der Waals surface area contributed by atoms with Crippen LogP contribution in [0.25, 0.3) is 0 Å². The molecule has 1 rings (SSSR count). The van der Waals surface area contributed by atoms with Gasteiger partial charge in [-0.05, 0) is 12.1 Å². The summed E-state index contributed by atoms with van der Waals surface area (Å²) in [6.45, 7) is 0. The van der Waals surface area contributed by atoms with Gasteiger partial charge in [0.1, 0.15) is 0 Å². The molecule has 0 saturated heterocycles. The molecule has 1 unspecified atom stereocenters. The van der Waals surface area contributed by atoms with E-state index in [9.17, 15) is 9.90 Å². The molecule has 1 aromatic heterocycles. The average molecular weight is 167 g/mol. The number of methoxy groups -OCH3 is 1. The highest BCUT2D eigenvalue weighted by Crippen LogP contribution is 2.09. The predicted octanol–water partition coefficient (Wildman–Crippen LogP) is 0.288. The molecule has 1 aromatic rings. The van der Waals surface area contributed by atoms with Gasteiger partial charge in [-0.1, -0.05) is 6.07 Å². The van der Waals surface area contributed by atoms with Crippen LogP contribution in [0.4, 0.5) is 0 Å². The third-order valence-corrected chi connectivity index (χ3v) is 1.39. The summed E-state index contributed by atoms with van der Waals surface area (Å²) in [6, 6.07) is 4.95. The zero-order chi connectivity index (χ0) is 8.97. The summed E-state index contributed by atoms with van der Waals surface area (Å²) < 4.78 is 4.34. The zero-order valence-electron chi connectivity index (χ0n) is 6.60. The summed E-state index contributed by atoms with van der Waals surface area (Å²) in [5, 5.41) is 9.25. The van der Waals surface area contributed by atoms with Crippen LogP contribution in [0, 0.1) is 0 Å². The summed E-state index contributed by atoms with van der Waals surface area (Å²) in [6.07, 6.45) is 0.220. The minimum absolute atomic E-state index is 0.296. The second-order valence-electron chi connectivity index (χ2n) is 2.18. The molecule has 0 aromatic carbocycles. The van der Waals surface area contributed by atoms with Crippen molar-refractivity contribution in [2.24, 2.45) is 0 Å². The molecule has 0 saturated carbocycles. The van der Waals surface area contributed by atoms with Gasteiger partial charge in [-0.25, -0.2) is 4.79 Å². The van der Waals surface area contributed by atoms with Gasteiger partial charge in [-0.3, -0.25) is 4.98 Å². The molecular weight excluding hydrogens is 158 g/mol. The smallest absolute Gasteiger partial charge is 0.341 e. The topological polar surface area (TPSA) is 59.4 Å². The van der Waals surface area contributed by atoms with E-state index in [2.05, 4.69) is 9.72 Å². The summed E-state index contributed by atoms with van der Waals surface area (Å²) in [7, 11) is 1.22. The van der Waals surface area contributed by atoms with Crippen molar-refractivity contribution in [1.82, 2.24) is 4.98 Å². The van der Waals surface area contributed by atoms with Gasteiger partial charge in [0.25, 0.3) is 0 Å². The first kappa shape index (κ1) is 8.67. The van der Waals surface area contributed by atoms with Gasteiger partial charge >= 0.3 is 5.97 Å². The molecule has 12 heavy (non-hydrogen) atoms. The lowest BCUT2D eigenvalue weighted by molar-refractivity contribution is -0.150. The van der Waals surface area contributed by atoms with Crippen LogP contribution in [-0.2, 0) is 9.53 Å². The van der Waals surface area contributed by atoms with E-state index in [0.717, 1.165) is 0 Å². The maximum atomic E-state index is 10.8. The fraction of sp³-hybridized carbons (Fsp3) is 0.250. The second kappa shape index (κ2) is 3.82. The standard InChI is InChI=1S/C8H9NO3/c1-12-8(11)7(10)6-4-2-3-5-9-6/h2-5,7,10H,1H3. The van der Waals surface area contributed by atoms with Crippen molar-refractivity contribution in [2.45, 2.75) is 6.10 Å². The number of pyridine rings is 1. The largest absolute Gasteiger partial charge is 0.467 e. The van der Waals surface area contributed by atoms with Gasteiger partial charge < -0.3 is 9.84 Å². The lowest BCUT2D eigenvalue weighted by Gasteiger charge is -2.05. The molecule has 1 N–H and O–H groups in total. The molecule has 1 atom stereocenters. The van der Waals surface area contributed by atoms with Gasteiger partial charge in [-0.2, -0.15) is 0 Å². The lowest BCUT2D eigenvalue weighted by atomic mass is 10.2. The first-order chi connectivity index (χ1) is 5.75. The average Bonchev–Trinajstić information content (AvgIpc) is 2.17. The Morgan fingerprint density at radius 2 is 2.42 bits per heavy atom. The molecule has 0 fully saturated rings. The van der Waals surface area contributed by atoms with E-state index in [1.807, 2.05) is 0 Å². The number of aliphatic hydroxyl groups is 1. The van der Waals surface area contributed by atoms with Crippen LogP contribution in [0.1, 0.15) is 11.8 Å². The van der Waals surface area contributed by atoms with Gasteiger partial charge in [0, 0.05) is 6.20 Å². The van der Waals surface area contributed by atoms with Crippen molar-refractivity contribution in [3.05, 3.63) is 30.1 Å². The number of carbonyl (C=O) groups excluding carboxylic acids is 1. The van der Waals surface area contributed by atoms with Crippen LogP contribution in [0.5, 0.6) is 0 Å². The summed E-state index contributed by atoms with van der Waals surface area (Å²) in [4.78, 5) is 14.6. The van der Waals surface area contributed by atoms with Gasteiger partial charge in [0.15, 0.2) is 6.10 Å². The lowest BCUT2D eigenvalue weighted by Crippen LogP contribution is -2.14. The number of carbonyl (C=O) groups is 1. The first-order valence-corrected chi connectivity index (χ1v) is 3.42. The summed E-state index contributed by atoms with van der Waals surface area (Å²) >= 11 is 0. The van der Waals surface area contributed by atoms with E-state index in [-0.39, 0.29) is 0 Å². The van der Waals surface area contributed by atoms with E-state index in [1.54, 1.807) is 18.2 Å². The number of hydrogen-bond acceptors (Lipinski definition) is 4. The van der Waals surface area contributed by atoms with Gasteiger partial charge in [-0.15, -0.1) is 0 Å². The van der Waals surface area contributed by atoms with Crippen molar-refractivity contribution < 1.29 is 14.6 Å². The quantitative estimate of drug-likeness (QED) is 0.643. The van der Waals surface area contributed by atoms with Gasteiger partial charge in [0.05, 0.1) is 12.8 Å². The SMILES string of the molecule is COC(=O)C(O)c1ccccn1. The Bertz CT molecular complexity index is 260. The third kappa shape index (κ3) is 1.79. The highest BCUT2D eigenvalue weighted by molar-refractivity contribution is 5.75. The van der Waals surface area contributed by atoms with Crippen molar-refractivity contribution in [1.29, 1.82) is 0 Å². The Labute approximate surface area is 69.8 Å². The third-order valence-electron chi connectivity index (χ3n) is 1.39. The van der Waals surface area contributed by atoms with E-state index in [4.69, 9.17) is 0 Å². The number of ether oxygens (including phenoxy) is 1. The van der Waals surface area contributed by atoms with Crippen LogP contribution < -0.4 is 0 Å². The van der Waals surface area contributed by atoms with E-state index in [1.165, 1.54) is 13.3 Å². The molecule has 1 heterocycles. The summed E-state index contributed by atoms with van der Waals surface area (Å²) in [5.41, 5.74) is 0.296. The Hall–Kier alpha value is -1.42. The molecule has 64 valence electrons. The molecule has 4 heteroatoms. The minimum atomic E-state index is -1.28. The van der Waals surface area contributed by atoms with Crippen molar-refractivity contribution in [2.75, 3.05) is 7.11 Å². The van der Waals surface area contributed by atoms with Crippen LogP contribution in [0.3, 0.4) is 0 Å². The Morgan fingerprint density at radius 1 is 1.67 bits per heavy atom. The molecule has 0 radical (unpaired) electrons. The number of rotatable bonds is 2. The van der Waals surface area contributed by atoms with Crippen molar-refractivity contribution in [3.63, 3.8) is 0 Å². The van der Waals surface area contributed by atoms with Crippen molar-refractivity contribution >= 4 is 5.97 Å². The highest BCUT2D eigenvalue weighted by Gasteiger charge is 2.18. The zero-order valence-corrected chi connectivity index (χ0v) is 6.60. The molecule has 4 nitrogen and oxygen atoms in total. The predicted molar refractivity (Wildman–Crippen MR) is 41.2 cm³/mol. The molecule has 0 aliphatic heterocycles. The first-order valence-electron chi connectivity index (χ1n) is 3.42. The van der Waals surface area contributed by atoms with Crippen LogP contribution >= 0.6 is 0 Å². The Kier molecular flexibility index (Phi) is 2.76. The number of aromatic nitrogens is 1. The number of nitrogens with zero attached hydrogens (tertiary/aromatic N) is 1. The fourth-order valence-corrected chi connectivity index (χ4v) is 0.770. The molecule has 0 amide bonds. The normalized spacial score (nSPS) is 12.2. The Balaban J connectivity index is 2.78.